The average molecular weight is 340 g/mol. The highest BCUT2D eigenvalue weighted by Crippen LogP contribution is 2.37. The number of halogens is 3. The van der Waals surface area contributed by atoms with Gasteiger partial charge >= 0.3 is 6.03 Å². The van der Waals surface area contributed by atoms with Gasteiger partial charge in [-0.1, -0.05) is 24.3 Å². The Labute approximate surface area is 140 Å². The normalized spacial score (nSPS) is 27.3. The largest absolute Gasteiger partial charge is 0.335 e. The van der Waals surface area contributed by atoms with Crippen molar-refractivity contribution in [1.82, 2.24) is 10.6 Å². The summed E-state index contributed by atoms with van der Waals surface area (Å²) in [7, 11) is 0. The van der Waals surface area contributed by atoms with Crippen molar-refractivity contribution in [1.29, 1.82) is 0 Å². The first kappa shape index (κ1) is 17.1. The van der Waals surface area contributed by atoms with Crippen LogP contribution in [-0.2, 0) is 6.42 Å². The second kappa shape index (κ2) is 6.65. The summed E-state index contributed by atoms with van der Waals surface area (Å²) in [4.78, 5) is 12.2. The zero-order chi connectivity index (χ0) is 17.3. The fourth-order valence-corrected chi connectivity index (χ4v) is 3.78. The van der Waals surface area contributed by atoms with Crippen molar-refractivity contribution >= 4 is 6.03 Å². The fourth-order valence-electron chi connectivity index (χ4n) is 3.78. The lowest BCUT2D eigenvalue weighted by atomic mass is 9.82. The minimum atomic E-state index is -2.58. The number of hydrogen-bond acceptors (Lipinski definition) is 1. The summed E-state index contributed by atoms with van der Waals surface area (Å²) in [6.07, 6.45) is -0.313. The van der Waals surface area contributed by atoms with Crippen molar-refractivity contribution in [3.8, 4) is 0 Å². The summed E-state index contributed by atoms with van der Waals surface area (Å²) in [5.74, 6) is -2.54. The highest BCUT2D eigenvalue weighted by atomic mass is 19.3. The lowest BCUT2D eigenvalue weighted by Crippen LogP contribution is -2.47. The Balaban J connectivity index is 1.54. The van der Waals surface area contributed by atoms with E-state index < -0.39 is 24.2 Å². The van der Waals surface area contributed by atoms with Crippen molar-refractivity contribution in [3.05, 3.63) is 35.4 Å². The number of amides is 2. The van der Waals surface area contributed by atoms with Crippen LogP contribution in [0.15, 0.2) is 24.3 Å². The molecule has 0 aliphatic heterocycles. The molecular weight excluding hydrogens is 317 g/mol. The molecular formula is C18H23F3N2O. The van der Waals surface area contributed by atoms with Crippen LogP contribution in [-0.4, -0.2) is 24.2 Å². The van der Waals surface area contributed by atoms with Gasteiger partial charge in [0.1, 0.15) is 6.17 Å². The Bertz CT molecular complexity index is 598. The highest BCUT2D eigenvalue weighted by Gasteiger charge is 2.37. The van der Waals surface area contributed by atoms with E-state index in [0.29, 0.717) is 19.3 Å². The highest BCUT2D eigenvalue weighted by molar-refractivity contribution is 5.75. The number of rotatable bonds is 3. The number of hydrogen-bond donors (Lipinski definition) is 2. The molecule has 0 bridgehead atoms. The molecule has 1 fully saturated rings. The molecule has 3 nitrogen and oxygen atoms in total. The SMILES string of the molecule is CC(NC(=O)N[C@H]1c2ccccc2C[C@H]1F)C1CCC(F)(F)CC1. The second-order valence-corrected chi connectivity index (χ2v) is 7.00. The Morgan fingerprint density at radius 2 is 1.92 bits per heavy atom. The molecule has 0 spiro atoms. The van der Waals surface area contributed by atoms with Gasteiger partial charge in [-0.05, 0) is 36.8 Å². The summed E-state index contributed by atoms with van der Waals surface area (Å²) >= 11 is 0. The predicted molar refractivity (Wildman–Crippen MR) is 85.8 cm³/mol. The molecule has 1 aromatic rings. The number of fused-ring (bicyclic) bond motifs is 1. The quantitative estimate of drug-likeness (QED) is 0.853. The first-order valence-electron chi connectivity index (χ1n) is 8.52. The molecule has 132 valence electrons. The van der Waals surface area contributed by atoms with Crippen molar-refractivity contribution in [2.75, 3.05) is 0 Å². The van der Waals surface area contributed by atoms with Crippen LogP contribution in [0.25, 0.3) is 0 Å². The number of benzene rings is 1. The third-order valence-corrected chi connectivity index (χ3v) is 5.28. The fraction of sp³-hybridized carbons (Fsp3) is 0.611. The molecule has 2 aliphatic rings. The van der Waals surface area contributed by atoms with E-state index in [0.717, 1.165) is 11.1 Å². The molecule has 1 aromatic carbocycles. The summed E-state index contributed by atoms with van der Waals surface area (Å²) in [6, 6.07) is 6.08. The van der Waals surface area contributed by atoms with Crippen LogP contribution in [0.3, 0.4) is 0 Å². The molecule has 0 aromatic heterocycles. The van der Waals surface area contributed by atoms with Crippen molar-refractivity contribution < 1.29 is 18.0 Å². The van der Waals surface area contributed by atoms with Crippen LogP contribution in [0.2, 0.25) is 0 Å². The third-order valence-electron chi connectivity index (χ3n) is 5.28. The molecule has 1 saturated carbocycles. The minimum absolute atomic E-state index is 0.0346. The van der Waals surface area contributed by atoms with E-state index in [9.17, 15) is 18.0 Å². The maximum Gasteiger partial charge on any atom is 0.315 e. The summed E-state index contributed by atoms with van der Waals surface area (Å²) in [5, 5.41) is 5.49. The van der Waals surface area contributed by atoms with Crippen molar-refractivity contribution in [3.63, 3.8) is 0 Å². The summed E-state index contributed by atoms with van der Waals surface area (Å²) in [5.41, 5.74) is 1.72. The number of urea groups is 1. The van der Waals surface area contributed by atoms with Gasteiger partial charge in [0, 0.05) is 25.3 Å². The number of carbonyl (C=O) groups is 1. The van der Waals surface area contributed by atoms with E-state index in [2.05, 4.69) is 10.6 Å². The molecule has 1 unspecified atom stereocenters. The van der Waals surface area contributed by atoms with Crippen LogP contribution in [0.1, 0.15) is 49.8 Å². The standard InChI is InChI=1S/C18H23F3N2O/c1-11(12-6-8-18(20,21)9-7-12)22-17(24)23-16-14-5-3-2-4-13(14)10-15(16)19/h2-5,11-12,15-16H,6-10H2,1H3,(H2,22,23,24)/t11?,15-,16+/m1/s1. The lowest BCUT2D eigenvalue weighted by Gasteiger charge is -2.32. The molecule has 3 atom stereocenters. The van der Waals surface area contributed by atoms with E-state index in [4.69, 9.17) is 0 Å². The van der Waals surface area contributed by atoms with E-state index in [-0.39, 0.29) is 24.8 Å². The molecule has 0 heterocycles. The lowest BCUT2D eigenvalue weighted by molar-refractivity contribution is -0.0484. The Morgan fingerprint density at radius 3 is 2.62 bits per heavy atom. The monoisotopic (exact) mass is 340 g/mol. The molecule has 2 amide bonds. The van der Waals surface area contributed by atoms with Crippen LogP contribution in [0, 0.1) is 5.92 Å². The average Bonchev–Trinajstić information content (AvgIpc) is 2.83. The van der Waals surface area contributed by atoms with Crippen LogP contribution in [0.5, 0.6) is 0 Å². The van der Waals surface area contributed by atoms with Gasteiger partial charge < -0.3 is 10.6 Å². The van der Waals surface area contributed by atoms with Gasteiger partial charge in [-0.2, -0.15) is 0 Å². The van der Waals surface area contributed by atoms with Crippen molar-refractivity contribution in [2.45, 2.75) is 63.2 Å². The smallest absolute Gasteiger partial charge is 0.315 e. The molecule has 3 rings (SSSR count). The molecule has 2 N–H and O–H groups in total. The first-order valence-corrected chi connectivity index (χ1v) is 8.52. The Kier molecular flexibility index (Phi) is 4.74. The topological polar surface area (TPSA) is 41.1 Å². The van der Waals surface area contributed by atoms with E-state index in [1.807, 2.05) is 31.2 Å². The van der Waals surface area contributed by atoms with Crippen LogP contribution in [0.4, 0.5) is 18.0 Å². The second-order valence-electron chi connectivity index (χ2n) is 7.00. The van der Waals surface area contributed by atoms with Gasteiger partial charge in [-0.15, -0.1) is 0 Å². The van der Waals surface area contributed by atoms with Gasteiger partial charge in [-0.3, -0.25) is 0 Å². The number of alkyl halides is 3. The predicted octanol–water partition coefficient (Wildman–Crippen LogP) is 4.14. The van der Waals surface area contributed by atoms with Gasteiger partial charge in [0.2, 0.25) is 5.92 Å². The molecule has 24 heavy (non-hydrogen) atoms. The number of carbonyl (C=O) groups excluding carboxylic acids is 1. The van der Waals surface area contributed by atoms with Gasteiger partial charge in [-0.25, -0.2) is 18.0 Å². The maximum absolute atomic E-state index is 14.2. The number of nitrogens with one attached hydrogen (secondary N) is 2. The first-order chi connectivity index (χ1) is 11.4. The summed E-state index contributed by atoms with van der Waals surface area (Å²) < 4.78 is 40.6. The van der Waals surface area contributed by atoms with E-state index in [1.54, 1.807) is 0 Å². The third kappa shape index (κ3) is 3.68. The Morgan fingerprint density at radius 1 is 1.25 bits per heavy atom. The zero-order valence-corrected chi connectivity index (χ0v) is 13.7. The van der Waals surface area contributed by atoms with Gasteiger partial charge in [0.15, 0.2) is 0 Å². The van der Waals surface area contributed by atoms with Gasteiger partial charge in [0.05, 0.1) is 6.04 Å². The van der Waals surface area contributed by atoms with Crippen LogP contribution < -0.4 is 10.6 Å². The van der Waals surface area contributed by atoms with Gasteiger partial charge in [0.25, 0.3) is 0 Å². The van der Waals surface area contributed by atoms with Crippen molar-refractivity contribution in [2.24, 2.45) is 5.92 Å². The molecule has 0 saturated heterocycles. The van der Waals surface area contributed by atoms with E-state index >= 15 is 0 Å². The zero-order valence-electron chi connectivity index (χ0n) is 13.7. The molecule has 6 heteroatoms. The Hall–Kier alpha value is -1.72. The molecule has 2 aliphatic carbocycles. The maximum atomic E-state index is 14.2. The van der Waals surface area contributed by atoms with Crippen LogP contribution >= 0.6 is 0 Å². The minimum Gasteiger partial charge on any atom is -0.335 e. The summed E-state index contributed by atoms with van der Waals surface area (Å²) in [6.45, 7) is 1.82. The van der Waals surface area contributed by atoms with E-state index in [1.165, 1.54) is 0 Å². The molecule has 0 radical (unpaired) electrons.